The Balaban J connectivity index is 2.54. The van der Waals surface area contributed by atoms with E-state index in [9.17, 15) is 9.59 Å². The van der Waals surface area contributed by atoms with E-state index in [0.717, 1.165) is 22.4 Å². The summed E-state index contributed by atoms with van der Waals surface area (Å²) in [6.07, 6.45) is 0.899. The van der Waals surface area contributed by atoms with E-state index in [1.165, 1.54) is 0 Å². The van der Waals surface area contributed by atoms with Crippen molar-refractivity contribution in [3.63, 3.8) is 0 Å². The first-order valence-electron chi connectivity index (χ1n) is 7.48. The Bertz CT molecular complexity index is 523. The second kappa shape index (κ2) is 8.76. The van der Waals surface area contributed by atoms with Gasteiger partial charge in [0, 0.05) is 6.54 Å². The second-order valence-corrected chi connectivity index (χ2v) is 6.05. The van der Waals surface area contributed by atoms with E-state index in [-0.39, 0.29) is 24.9 Å². The number of quaternary nitrogens is 1. The van der Waals surface area contributed by atoms with Gasteiger partial charge in [-0.3, -0.25) is 9.59 Å². The Morgan fingerprint density at radius 1 is 1.18 bits per heavy atom. The van der Waals surface area contributed by atoms with Crippen molar-refractivity contribution in [2.45, 2.75) is 27.2 Å². The van der Waals surface area contributed by atoms with Crippen molar-refractivity contribution in [1.82, 2.24) is 5.32 Å². The minimum Gasteiger partial charge on any atom is -0.351 e. The number of rotatable bonds is 7. The molecule has 0 heterocycles. The van der Waals surface area contributed by atoms with Crippen LogP contribution in [0.25, 0.3) is 0 Å². The molecule has 1 aromatic rings. The predicted molar refractivity (Wildman–Crippen MR) is 89.5 cm³/mol. The smallest absolute Gasteiger partial charge is 0.279 e. The van der Waals surface area contributed by atoms with Crippen LogP contribution in [-0.2, 0) is 9.59 Å². The molecule has 122 valence electrons. The molecule has 6 heteroatoms. The molecule has 22 heavy (non-hydrogen) atoms. The van der Waals surface area contributed by atoms with Crippen molar-refractivity contribution in [2.24, 2.45) is 0 Å². The van der Waals surface area contributed by atoms with Crippen molar-refractivity contribution < 1.29 is 14.5 Å². The highest BCUT2D eigenvalue weighted by Gasteiger charge is 2.16. The molecular weight excluding hydrogens is 302 g/mol. The lowest BCUT2D eigenvalue weighted by molar-refractivity contribution is -0.862. The summed E-state index contributed by atoms with van der Waals surface area (Å²) in [4.78, 5) is 24.5. The van der Waals surface area contributed by atoms with Crippen LogP contribution in [0.1, 0.15) is 24.5 Å². The normalized spacial score (nSPS) is 11.9. The number of carbonyl (C=O) groups is 2. The summed E-state index contributed by atoms with van der Waals surface area (Å²) in [5.74, 6) is -0.202. The predicted octanol–water partition coefficient (Wildman–Crippen LogP) is 0.936. The van der Waals surface area contributed by atoms with Crippen LogP contribution in [0.4, 0.5) is 5.69 Å². The number of benzene rings is 1. The molecule has 1 aromatic carbocycles. The van der Waals surface area contributed by atoms with Gasteiger partial charge in [-0.05, 0) is 37.5 Å². The average Bonchev–Trinajstić information content (AvgIpc) is 2.40. The van der Waals surface area contributed by atoms with Crippen LogP contribution in [0.15, 0.2) is 12.1 Å². The number of anilines is 1. The van der Waals surface area contributed by atoms with Crippen LogP contribution in [0.3, 0.4) is 0 Å². The van der Waals surface area contributed by atoms with Crippen molar-refractivity contribution >= 4 is 29.1 Å². The van der Waals surface area contributed by atoms with Crippen LogP contribution < -0.4 is 15.5 Å². The molecule has 0 radical (unpaired) electrons. The zero-order valence-electron chi connectivity index (χ0n) is 13.7. The molecule has 0 saturated carbocycles. The lowest BCUT2D eigenvalue weighted by Gasteiger charge is -2.15. The lowest BCUT2D eigenvalue weighted by Crippen LogP contribution is -3.11. The molecule has 5 nitrogen and oxygen atoms in total. The highest BCUT2D eigenvalue weighted by Crippen LogP contribution is 2.26. The zero-order chi connectivity index (χ0) is 16.7. The van der Waals surface area contributed by atoms with Crippen molar-refractivity contribution in [3.05, 3.63) is 28.3 Å². The number of hydrogen-bond donors (Lipinski definition) is 3. The molecule has 0 fully saturated rings. The van der Waals surface area contributed by atoms with Gasteiger partial charge in [0.05, 0.1) is 17.8 Å². The van der Waals surface area contributed by atoms with E-state index in [0.29, 0.717) is 17.3 Å². The van der Waals surface area contributed by atoms with Gasteiger partial charge in [-0.1, -0.05) is 24.6 Å². The van der Waals surface area contributed by atoms with Crippen LogP contribution in [-0.4, -0.2) is 38.5 Å². The van der Waals surface area contributed by atoms with Gasteiger partial charge in [0.25, 0.3) is 11.8 Å². The molecule has 2 amide bonds. The second-order valence-electron chi connectivity index (χ2n) is 5.65. The first kappa shape index (κ1) is 18.5. The monoisotopic (exact) mass is 326 g/mol. The number of halogens is 1. The number of nitrogens with one attached hydrogen (secondary N) is 3. The summed E-state index contributed by atoms with van der Waals surface area (Å²) < 4.78 is 0. The maximum absolute atomic E-state index is 12.1. The van der Waals surface area contributed by atoms with Gasteiger partial charge >= 0.3 is 0 Å². The topological polar surface area (TPSA) is 62.6 Å². The fraction of sp³-hybridized carbons (Fsp3) is 0.500. The Hall–Kier alpha value is -1.59. The Labute approximate surface area is 137 Å². The minimum absolute atomic E-state index is 0.0447. The van der Waals surface area contributed by atoms with E-state index in [2.05, 4.69) is 10.6 Å². The molecule has 0 aliphatic rings. The van der Waals surface area contributed by atoms with Crippen molar-refractivity contribution in [1.29, 1.82) is 0 Å². The van der Waals surface area contributed by atoms with E-state index < -0.39 is 0 Å². The molecule has 0 aromatic heterocycles. The van der Waals surface area contributed by atoms with E-state index in [1.807, 2.05) is 40.0 Å². The van der Waals surface area contributed by atoms with Crippen LogP contribution in [0.2, 0.25) is 5.02 Å². The van der Waals surface area contributed by atoms with Gasteiger partial charge in [0.2, 0.25) is 0 Å². The Kier molecular flexibility index (Phi) is 7.35. The first-order chi connectivity index (χ1) is 10.3. The molecule has 0 aliphatic carbocycles. The molecule has 0 spiro atoms. The van der Waals surface area contributed by atoms with Gasteiger partial charge < -0.3 is 15.5 Å². The van der Waals surface area contributed by atoms with Gasteiger partial charge in [0.1, 0.15) is 0 Å². The van der Waals surface area contributed by atoms with Crippen molar-refractivity contribution in [3.8, 4) is 0 Å². The fourth-order valence-corrected chi connectivity index (χ4v) is 2.56. The third kappa shape index (κ3) is 6.03. The number of carbonyl (C=O) groups excluding carboxylic acids is 2. The number of amides is 2. The summed E-state index contributed by atoms with van der Waals surface area (Å²) in [7, 11) is 1.81. The Morgan fingerprint density at radius 3 is 2.41 bits per heavy atom. The van der Waals surface area contributed by atoms with Gasteiger partial charge in [-0.25, -0.2) is 0 Å². The summed E-state index contributed by atoms with van der Waals surface area (Å²) in [6, 6.07) is 3.79. The maximum Gasteiger partial charge on any atom is 0.279 e. The number of aryl methyl sites for hydroxylation is 2. The van der Waals surface area contributed by atoms with Gasteiger partial charge in [-0.15, -0.1) is 0 Å². The molecule has 3 N–H and O–H groups in total. The number of likely N-dealkylation sites (N-methyl/N-ethyl adjacent to an activating group) is 1. The summed E-state index contributed by atoms with van der Waals surface area (Å²) in [5.41, 5.74) is 2.62. The van der Waals surface area contributed by atoms with E-state index >= 15 is 0 Å². The van der Waals surface area contributed by atoms with Gasteiger partial charge in [-0.2, -0.15) is 0 Å². The fourth-order valence-electron chi connectivity index (χ4n) is 2.20. The lowest BCUT2D eigenvalue weighted by atomic mass is 10.1. The summed E-state index contributed by atoms with van der Waals surface area (Å²) in [5, 5.41) is 6.16. The molecular formula is C16H25ClN3O2+. The zero-order valence-corrected chi connectivity index (χ0v) is 14.4. The molecule has 1 rings (SSSR count). The van der Waals surface area contributed by atoms with E-state index in [1.54, 1.807) is 0 Å². The van der Waals surface area contributed by atoms with E-state index in [4.69, 9.17) is 11.6 Å². The molecule has 0 bridgehead atoms. The Morgan fingerprint density at radius 2 is 1.82 bits per heavy atom. The van der Waals surface area contributed by atoms with Crippen LogP contribution in [0.5, 0.6) is 0 Å². The standard InChI is InChI=1S/C16H24ClN3O2/c1-5-6-18-14(21)9-20(4)10-15(22)19-16-12(3)7-11(2)8-13(16)17/h7-8H,5-6,9-10H2,1-4H3,(H,18,21)(H,19,22)/p+1. The molecule has 1 unspecified atom stereocenters. The number of hydrogen-bond acceptors (Lipinski definition) is 2. The first-order valence-corrected chi connectivity index (χ1v) is 7.85. The highest BCUT2D eigenvalue weighted by molar-refractivity contribution is 6.34. The summed E-state index contributed by atoms with van der Waals surface area (Å²) in [6.45, 7) is 7.01. The van der Waals surface area contributed by atoms with Crippen LogP contribution in [0, 0.1) is 13.8 Å². The SMILES string of the molecule is CCCNC(=O)C[NH+](C)CC(=O)Nc1c(C)cc(C)cc1Cl. The largest absolute Gasteiger partial charge is 0.351 e. The average molecular weight is 327 g/mol. The molecule has 0 saturated heterocycles. The van der Waals surface area contributed by atoms with Gasteiger partial charge in [0.15, 0.2) is 13.1 Å². The maximum atomic E-state index is 12.1. The third-order valence-electron chi connectivity index (χ3n) is 3.19. The molecule has 1 atom stereocenters. The van der Waals surface area contributed by atoms with Crippen LogP contribution >= 0.6 is 11.6 Å². The highest BCUT2D eigenvalue weighted by atomic mass is 35.5. The van der Waals surface area contributed by atoms with Crippen molar-refractivity contribution in [2.75, 3.05) is 32.0 Å². The third-order valence-corrected chi connectivity index (χ3v) is 3.49. The molecule has 0 aliphatic heterocycles. The quantitative estimate of drug-likeness (QED) is 0.698. The summed E-state index contributed by atoms with van der Waals surface area (Å²) >= 11 is 6.17. The minimum atomic E-state index is -0.158.